The fourth-order valence-corrected chi connectivity index (χ4v) is 1.55. The number of rotatable bonds is 5. The van der Waals surface area contributed by atoms with Crippen molar-refractivity contribution in [2.45, 2.75) is 19.3 Å². The SMILES string of the molecule is C#CCCCCNC(=O)c1cc(Cl)ccc1N. The van der Waals surface area contributed by atoms with E-state index in [9.17, 15) is 4.79 Å². The van der Waals surface area contributed by atoms with Gasteiger partial charge in [0.05, 0.1) is 5.56 Å². The number of unbranched alkanes of at least 4 members (excludes halogenated alkanes) is 2. The first-order valence-electron chi connectivity index (χ1n) is 5.42. The van der Waals surface area contributed by atoms with Gasteiger partial charge in [0, 0.05) is 23.7 Å². The molecule has 0 aliphatic carbocycles. The Labute approximate surface area is 106 Å². The van der Waals surface area contributed by atoms with E-state index < -0.39 is 0 Å². The number of hydrogen-bond donors (Lipinski definition) is 2. The van der Waals surface area contributed by atoms with Gasteiger partial charge in [-0.05, 0) is 31.0 Å². The second-order valence-corrected chi connectivity index (χ2v) is 4.09. The van der Waals surface area contributed by atoms with Crippen molar-refractivity contribution >= 4 is 23.2 Å². The van der Waals surface area contributed by atoms with Crippen LogP contribution < -0.4 is 11.1 Å². The Hall–Kier alpha value is -1.66. The maximum atomic E-state index is 11.8. The van der Waals surface area contributed by atoms with Gasteiger partial charge in [-0.15, -0.1) is 12.3 Å². The molecule has 0 radical (unpaired) electrons. The van der Waals surface area contributed by atoms with Crippen LogP contribution in [-0.4, -0.2) is 12.5 Å². The zero-order chi connectivity index (χ0) is 12.7. The van der Waals surface area contributed by atoms with Gasteiger partial charge in [-0.25, -0.2) is 0 Å². The highest BCUT2D eigenvalue weighted by atomic mass is 35.5. The molecule has 0 heterocycles. The molecule has 1 rings (SSSR count). The number of nitrogen functional groups attached to an aromatic ring is 1. The van der Waals surface area contributed by atoms with Gasteiger partial charge < -0.3 is 11.1 Å². The van der Waals surface area contributed by atoms with E-state index >= 15 is 0 Å². The maximum absolute atomic E-state index is 11.8. The van der Waals surface area contributed by atoms with Gasteiger partial charge in [-0.1, -0.05) is 11.6 Å². The number of benzene rings is 1. The molecule has 1 amide bonds. The monoisotopic (exact) mass is 250 g/mol. The Morgan fingerprint density at radius 1 is 1.47 bits per heavy atom. The molecule has 0 aromatic heterocycles. The summed E-state index contributed by atoms with van der Waals surface area (Å²) in [6.07, 6.45) is 7.62. The number of nitrogens with two attached hydrogens (primary N) is 1. The van der Waals surface area contributed by atoms with Crippen molar-refractivity contribution in [3.63, 3.8) is 0 Å². The van der Waals surface area contributed by atoms with E-state index in [1.165, 1.54) is 0 Å². The van der Waals surface area contributed by atoms with Crippen molar-refractivity contribution in [3.8, 4) is 12.3 Å². The number of carbonyl (C=O) groups is 1. The summed E-state index contributed by atoms with van der Waals surface area (Å²) >= 11 is 5.81. The second-order valence-electron chi connectivity index (χ2n) is 3.65. The number of anilines is 1. The molecule has 0 aliphatic heterocycles. The summed E-state index contributed by atoms with van der Waals surface area (Å²) in [5.41, 5.74) is 6.53. The third kappa shape index (κ3) is 4.38. The van der Waals surface area contributed by atoms with Crippen molar-refractivity contribution in [2.24, 2.45) is 0 Å². The molecular weight excluding hydrogens is 236 g/mol. The molecule has 3 nitrogen and oxygen atoms in total. The van der Waals surface area contributed by atoms with E-state index in [4.69, 9.17) is 23.8 Å². The lowest BCUT2D eigenvalue weighted by molar-refractivity contribution is 0.0954. The molecule has 0 fully saturated rings. The third-order valence-electron chi connectivity index (χ3n) is 2.29. The van der Waals surface area contributed by atoms with Crippen molar-refractivity contribution < 1.29 is 4.79 Å². The minimum Gasteiger partial charge on any atom is -0.398 e. The molecular formula is C13H15ClN2O. The normalized spacial score (nSPS) is 9.65. The fraction of sp³-hybridized carbons (Fsp3) is 0.308. The minimum atomic E-state index is -0.203. The van der Waals surface area contributed by atoms with Crippen LogP contribution in [0.15, 0.2) is 18.2 Å². The molecule has 0 spiro atoms. The van der Waals surface area contributed by atoms with Gasteiger partial charge in [0.2, 0.25) is 0 Å². The molecule has 0 saturated heterocycles. The number of halogens is 1. The number of carbonyl (C=O) groups excluding carboxylic acids is 1. The molecule has 0 atom stereocenters. The summed E-state index contributed by atoms with van der Waals surface area (Å²) in [6, 6.07) is 4.84. The molecule has 0 saturated carbocycles. The van der Waals surface area contributed by atoms with E-state index in [0.29, 0.717) is 22.8 Å². The van der Waals surface area contributed by atoms with Crippen LogP contribution in [0.5, 0.6) is 0 Å². The van der Waals surface area contributed by atoms with Gasteiger partial charge in [0.1, 0.15) is 0 Å². The molecule has 17 heavy (non-hydrogen) atoms. The molecule has 90 valence electrons. The minimum absolute atomic E-state index is 0.203. The second kappa shape index (κ2) is 6.82. The largest absolute Gasteiger partial charge is 0.398 e. The van der Waals surface area contributed by atoms with Crippen LogP contribution in [0.2, 0.25) is 5.02 Å². The quantitative estimate of drug-likeness (QED) is 0.479. The molecule has 0 unspecified atom stereocenters. The smallest absolute Gasteiger partial charge is 0.253 e. The van der Waals surface area contributed by atoms with E-state index in [2.05, 4.69) is 11.2 Å². The summed E-state index contributed by atoms with van der Waals surface area (Å²) in [4.78, 5) is 11.8. The topological polar surface area (TPSA) is 55.1 Å². The third-order valence-corrected chi connectivity index (χ3v) is 2.53. The summed E-state index contributed by atoms with van der Waals surface area (Å²) < 4.78 is 0. The lowest BCUT2D eigenvalue weighted by Gasteiger charge is -2.07. The Morgan fingerprint density at radius 2 is 2.24 bits per heavy atom. The lowest BCUT2D eigenvalue weighted by Crippen LogP contribution is -2.25. The number of amides is 1. The van der Waals surface area contributed by atoms with Crippen LogP contribution in [0.4, 0.5) is 5.69 Å². The fourth-order valence-electron chi connectivity index (χ4n) is 1.37. The van der Waals surface area contributed by atoms with Gasteiger partial charge in [-0.2, -0.15) is 0 Å². The first-order chi connectivity index (χ1) is 8.15. The van der Waals surface area contributed by atoms with Crippen LogP contribution in [0.25, 0.3) is 0 Å². The van der Waals surface area contributed by atoms with Gasteiger partial charge in [0.25, 0.3) is 5.91 Å². The molecule has 0 aliphatic rings. The zero-order valence-corrected chi connectivity index (χ0v) is 10.3. The summed E-state index contributed by atoms with van der Waals surface area (Å²) in [5, 5.41) is 3.28. The van der Waals surface area contributed by atoms with Crippen LogP contribution in [0.1, 0.15) is 29.6 Å². The van der Waals surface area contributed by atoms with Gasteiger partial charge in [0.15, 0.2) is 0 Å². The molecule has 1 aromatic carbocycles. The zero-order valence-electron chi connectivity index (χ0n) is 9.50. The Morgan fingerprint density at radius 3 is 2.94 bits per heavy atom. The summed E-state index contributed by atoms with van der Waals surface area (Å²) in [5.74, 6) is 2.35. The van der Waals surface area contributed by atoms with Crippen molar-refractivity contribution in [2.75, 3.05) is 12.3 Å². The van der Waals surface area contributed by atoms with Gasteiger partial charge in [-0.3, -0.25) is 4.79 Å². The highest BCUT2D eigenvalue weighted by molar-refractivity contribution is 6.31. The predicted octanol–water partition coefficient (Wildman–Crippen LogP) is 2.46. The maximum Gasteiger partial charge on any atom is 0.253 e. The molecule has 4 heteroatoms. The van der Waals surface area contributed by atoms with Crippen molar-refractivity contribution in [3.05, 3.63) is 28.8 Å². The van der Waals surface area contributed by atoms with Crippen LogP contribution >= 0.6 is 11.6 Å². The number of nitrogens with one attached hydrogen (secondary N) is 1. The number of hydrogen-bond acceptors (Lipinski definition) is 2. The van der Waals surface area contributed by atoms with Crippen LogP contribution in [0.3, 0.4) is 0 Å². The lowest BCUT2D eigenvalue weighted by atomic mass is 10.1. The van der Waals surface area contributed by atoms with E-state index in [-0.39, 0.29) is 5.91 Å². The average molecular weight is 251 g/mol. The van der Waals surface area contributed by atoms with Crippen molar-refractivity contribution in [1.82, 2.24) is 5.32 Å². The van der Waals surface area contributed by atoms with Crippen molar-refractivity contribution in [1.29, 1.82) is 0 Å². The van der Waals surface area contributed by atoms with Crippen LogP contribution in [-0.2, 0) is 0 Å². The predicted molar refractivity (Wildman–Crippen MR) is 70.9 cm³/mol. The van der Waals surface area contributed by atoms with E-state index in [0.717, 1.165) is 19.3 Å². The highest BCUT2D eigenvalue weighted by Crippen LogP contribution is 2.17. The number of terminal acetylenes is 1. The van der Waals surface area contributed by atoms with E-state index in [1.54, 1.807) is 18.2 Å². The average Bonchev–Trinajstić information content (AvgIpc) is 2.32. The standard InChI is InChI=1S/C13H15ClN2O/c1-2-3-4-5-8-16-13(17)11-9-10(14)6-7-12(11)15/h1,6-7,9H,3-5,8,15H2,(H,16,17). The first kappa shape index (κ1) is 13.4. The Kier molecular flexibility index (Phi) is 5.38. The first-order valence-corrected chi connectivity index (χ1v) is 5.79. The van der Waals surface area contributed by atoms with Gasteiger partial charge >= 0.3 is 0 Å². The van der Waals surface area contributed by atoms with E-state index in [1.807, 2.05) is 0 Å². The Balaban J connectivity index is 2.47. The molecule has 0 bridgehead atoms. The summed E-state index contributed by atoms with van der Waals surface area (Å²) in [6.45, 7) is 0.590. The molecule has 1 aromatic rings. The Bertz CT molecular complexity index is 438. The summed E-state index contributed by atoms with van der Waals surface area (Å²) in [7, 11) is 0. The molecule has 3 N–H and O–H groups in total. The highest BCUT2D eigenvalue weighted by Gasteiger charge is 2.09. The van der Waals surface area contributed by atoms with Crippen LogP contribution in [0, 0.1) is 12.3 Å².